The van der Waals surface area contributed by atoms with Crippen LogP contribution in [-0.2, 0) is 13.2 Å². The molecule has 0 unspecified atom stereocenters. The molecule has 0 atom stereocenters. The molecule has 3 aromatic rings. The van der Waals surface area contributed by atoms with E-state index in [1.165, 1.54) is 0 Å². The van der Waals surface area contributed by atoms with Gasteiger partial charge in [0.15, 0.2) is 5.75 Å². The van der Waals surface area contributed by atoms with E-state index in [2.05, 4.69) is 22.2 Å². The van der Waals surface area contributed by atoms with Crippen molar-refractivity contribution < 1.29 is 4.74 Å². The number of aryl methyl sites for hydroxylation is 1. The Labute approximate surface area is 111 Å². The molecule has 0 bridgehead atoms. The Morgan fingerprint density at radius 2 is 2.05 bits per heavy atom. The second-order valence-corrected chi connectivity index (χ2v) is 4.32. The van der Waals surface area contributed by atoms with E-state index in [1.54, 1.807) is 6.20 Å². The maximum absolute atomic E-state index is 5.68. The predicted octanol–water partition coefficient (Wildman–Crippen LogP) is 3.03. The quantitative estimate of drug-likeness (QED) is 0.717. The molecule has 0 saturated heterocycles. The van der Waals surface area contributed by atoms with E-state index < -0.39 is 0 Å². The van der Waals surface area contributed by atoms with Gasteiger partial charge in [-0.3, -0.25) is 4.68 Å². The standard InChI is InChI=1S/C15H15N3O/c1-2-18-10-14(9-16-18)19-11-13-8-7-12-5-3-4-6-15(12)17-13/h3-10H,2,11H2,1H3. The SMILES string of the molecule is CCn1cc(OCc2ccc3ccccc3n2)cn1. The topological polar surface area (TPSA) is 39.9 Å². The van der Waals surface area contributed by atoms with Crippen LogP contribution in [0.25, 0.3) is 10.9 Å². The van der Waals surface area contributed by atoms with E-state index >= 15 is 0 Å². The Morgan fingerprint density at radius 3 is 2.89 bits per heavy atom. The summed E-state index contributed by atoms with van der Waals surface area (Å²) in [4.78, 5) is 4.57. The highest BCUT2D eigenvalue weighted by Crippen LogP contribution is 2.14. The van der Waals surface area contributed by atoms with Gasteiger partial charge in [-0.15, -0.1) is 0 Å². The average Bonchev–Trinajstić information content (AvgIpc) is 2.93. The summed E-state index contributed by atoms with van der Waals surface area (Å²) in [6, 6.07) is 12.1. The molecule has 0 fully saturated rings. The monoisotopic (exact) mass is 253 g/mol. The summed E-state index contributed by atoms with van der Waals surface area (Å²) in [6.45, 7) is 3.35. The largest absolute Gasteiger partial charge is 0.484 e. The van der Waals surface area contributed by atoms with Crippen LogP contribution in [0.1, 0.15) is 12.6 Å². The lowest BCUT2D eigenvalue weighted by molar-refractivity contribution is 0.301. The van der Waals surface area contributed by atoms with Crippen molar-refractivity contribution >= 4 is 10.9 Å². The van der Waals surface area contributed by atoms with Gasteiger partial charge in [0, 0.05) is 11.9 Å². The zero-order valence-corrected chi connectivity index (χ0v) is 10.8. The lowest BCUT2D eigenvalue weighted by Crippen LogP contribution is -1.98. The van der Waals surface area contributed by atoms with Gasteiger partial charge in [0.25, 0.3) is 0 Å². The van der Waals surface area contributed by atoms with Gasteiger partial charge in [-0.2, -0.15) is 5.10 Å². The van der Waals surface area contributed by atoms with E-state index in [0.717, 1.165) is 28.9 Å². The molecule has 0 saturated carbocycles. The van der Waals surface area contributed by atoms with Crippen molar-refractivity contribution in [3.8, 4) is 5.75 Å². The van der Waals surface area contributed by atoms with Crippen LogP contribution >= 0.6 is 0 Å². The molecule has 0 aliphatic rings. The zero-order chi connectivity index (χ0) is 13.1. The molecule has 0 amide bonds. The molecule has 0 N–H and O–H groups in total. The summed E-state index contributed by atoms with van der Waals surface area (Å²) in [5.41, 5.74) is 1.91. The molecular formula is C15H15N3O. The van der Waals surface area contributed by atoms with E-state index in [-0.39, 0.29) is 0 Å². The van der Waals surface area contributed by atoms with Crippen molar-refractivity contribution in [3.63, 3.8) is 0 Å². The van der Waals surface area contributed by atoms with Crippen LogP contribution in [0, 0.1) is 0 Å². The predicted molar refractivity (Wildman–Crippen MR) is 74.0 cm³/mol. The summed E-state index contributed by atoms with van der Waals surface area (Å²) in [5, 5.41) is 5.31. The van der Waals surface area contributed by atoms with Gasteiger partial charge in [0.05, 0.1) is 23.6 Å². The fourth-order valence-electron chi connectivity index (χ4n) is 1.94. The fourth-order valence-corrected chi connectivity index (χ4v) is 1.94. The van der Waals surface area contributed by atoms with Gasteiger partial charge in [0.1, 0.15) is 6.61 Å². The maximum atomic E-state index is 5.68. The number of nitrogens with zero attached hydrogens (tertiary/aromatic N) is 3. The van der Waals surface area contributed by atoms with E-state index in [9.17, 15) is 0 Å². The van der Waals surface area contributed by atoms with Gasteiger partial charge in [-0.25, -0.2) is 4.98 Å². The van der Waals surface area contributed by atoms with Gasteiger partial charge < -0.3 is 4.74 Å². The summed E-state index contributed by atoms with van der Waals surface area (Å²) in [6.07, 6.45) is 3.62. The Balaban J connectivity index is 1.74. The van der Waals surface area contributed by atoms with Crippen molar-refractivity contribution in [2.75, 3.05) is 0 Å². The van der Waals surface area contributed by atoms with E-state index in [0.29, 0.717) is 6.61 Å². The minimum atomic E-state index is 0.459. The second kappa shape index (κ2) is 5.10. The van der Waals surface area contributed by atoms with Gasteiger partial charge in [-0.05, 0) is 19.1 Å². The van der Waals surface area contributed by atoms with Crippen LogP contribution in [0.4, 0.5) is 0 Å². The van der Waals surface area contributed by atoms with Gasteiger partial charge in [0.2, 0.25) is 0 Å². The second-order valence-electron chi connectivity index (χ2n) is 4.32. The number of para-hydroxylation sites is 1. The Hall–Kier alpha value is -2.36. The van der Waals surface area contributed by atoms with Crippen LogP contribution in [-0.4, -0.2) is 14.8 Å². The normalized spacial score (nSPS) is 10.8. The molecule has 4 heteroatoms. The van der Waals surface area contributed by atoms with Crippen LogP contribution in [0.15, 0.2) is 48.8 Å². The fraction of sp³-hybridized carbons (Fsp3) is 0.200. The molecule has 96 valence electrons. The van der Waals surface area contributed by atoms with E-state index in [1.807, 2.05) is 42.1 Å². The number of benzene rings is 1. The molecule has 4 nitrogen and oxygen atoms in total. The molecule has 19 heavy (non-hydrogen) atoms. The smallest absolute Gasteiger partial charge is 0.157 e. The number of hydrogen-bond acceptors (Lipinski definition) is 3. The molecule has 1 aromatic carbocycles. The molecule has 2 aromatic heterocycles. The third-order valence-electron chi connectivity index (χ3n) is 2.98. The van der Waals surface area contributed by atoms with Crippen molar-refractivity contribution in [2.45, 2.75) is 20.1 Å². The number of aromatic nitrogens is 3. The number of fused-ring (bicyclic) bond motifs is 1. The Bertz CT molecular complexity index is 690. The summed E-state index contributed by atoms with van der Waals surface area (Å²) in [7, 11) is 0. The van der Waals surface area contributed by atoms with Gasteiger partial charge >= 0.3 is 0 Å². The molecule has 3 rings (SSSR count). The number of rotatable bonds is 4. The minimum absolute atomic E-state index is 0.459. The Kier molecular flexibility index (Phi) is 3.14. The number of ether oxygens (including phenoxy) is 1. The Morgan fingerprint density at radius 1 is 1.16 bits per heavy atom. The highest BCUT2D eigenvalue weighted by molar-refractivity contribution is 5.78. The first-order valence-corrected chi connectivity index (χ1v) is 6.35. The molecule has 2 heterocycles. The summed E-state index contributed by atoms with van der Waals surface area (Å²) < 4.78 is 7.51. The summed E-state index contributed by atoms with van der Waals surface area (Å²) >= 11 is 0. The van der Waals surface area contributed by atoms with E-state index in [4.69, 9.17) is 4.74 Å². The van der Waals surface area contributed by atoms with Crippen molar-refractivity contribution in [1.82, 2.24) is 14.8 Å². The minimum Gasteiger partial charge on any atom is -0.484 e. The molecule has 0 radical (unpaired) electrons. The highest BCUT2D eigenvalue weighted by atomic mass is 16.5. The van der Waals surface area contributed by atoms with Crippen LogP contribution in [0.5, 0.6) is 5.75 Å². The first-order valence-electron chi connectivity index (χ1n) is 6.35. The first-order chi connectivity index (χ1) is 9.35. The van der Waals surface area contributed by atoms with Crippen LogP contribution in [0.2, 0.25) is 0 Å². The molecule has 0 aliphatic heterocycles. The average molecular weight is 253 g/mol. The van der Waals surface area contributed by atoms with Crippen LogP contribution < -0.4 is 4.74 Å². The molecule has 0 aliphatic carbocycles. The third kappa shape index (κ3) is 2.57. The number of pyridine rings is 1. The first kappa shape index (κ1) is 11.7. The van der Waals surface area contributed by atoms with Crippen molar-refractivity contribution in [3.05, 3.63) is 54.5 Å². The zero-order valence-electron chi connectivity index (χ0n) is 10.8. The number of hydrogen-bond donors (Lipinski definition) is 0. The lowest BCUT2D eigenvalue weighted by atomic mass is 10.2. The maximum Gasteiger partial charge on any atom is 0.157 e. The van der Waals surface area contributed by atoms with Gasteiger partial charge in [-0.1, -0.05) is 24.3 Å². The van der Waals surface area contributed by atoms with Crippen molar-refractivity contribution in [1.29, 1.82) is 0 Å². The van der Waals surface area contributed by atoms with Crippen LogP contribution in [0.3, 0.4) is 0 Å². The highest BCUT2D eigenvalue weighted by Gasteiger charge is 2.01. The molecular weight excluding hydrogens is 238 g/mol. The molecule has 0 spiro atoms. The summed E-state index contributed by atoms with van der Waals surface area (Å²) in [5.74, 6) is 0.775. The van der Waals surface area contributed by atoms with Crippen molar-refractivity contribution in [2.24, 2.45) is 0 Å². The third-order valence-corrected chi connectivity index (χ3v) is 2.98. The lowest BCUT2D eigenvalue weighted by Gasteiger charge is -2.04.